The van der Waals surface area contributed by atoms with Gasteiger partial charge in [0.05, 0.1) is 37.0 Å². The molecule has 0 amide bonds. The maximum Gasteiger partial charge on any atom is 0.162 e. The quantitative estimate of drug-likeness (QED) is 0.256. The van der Waals surface area contributed by atoms with E-state index in [4.69, 9.17) is 9.47 Å². The molecule has 0 bridgehead atoms. The molecule has 4 heteroatoms. The lowest BCUT2D eigenvalue weighted by Crippen LogP contribution is -2.24. The molecule has 0 aromatic heterocycles. The number of ether oxygens (including phenoxy) is 2. The lowest BCUT2D eigenvalue weighted by molar-refractivity contribution is 0.355. The molecule has 5 aromatic rings. The normalized spacial score (nSPS) is 12.3. The van der Waals surface area contributed by atoms with Crippen molar-refractivity contribution in [2.45, 2.75) is 13.8 Å². The van der Waals surface area contributed by atoms with Crippen molar-refractivity contribution in [3.05, 3.63) is 108 Å². The molecule has 1 aliphatic heterocycles. The van der Waals surface area contributed by atoms with Crippen LogP contribution in [0.25, 0.3) is 10.8 Å². The molecular formula is C32H28N2O2. The van der Waals surface area contributed by atoms with Crippen molar-refractivity contribution in [3.63, 3.8) is 0 Å². The molecule has 1 heterocycles. The average molecular weight is 473 g/mol. The second-order valence-corrected chi connectivity index (χ2v) is 9.23. The summed E-state index contributed by atoms with van der Waals surface area (Å²) < 4.78 is 11.5. The van der Waals surface area contributed by atoms with Gasteiger partial charge in [-0.05, 0) is 61.0 Å². The van der Waals surface area contributed by atoms with Gasteiger partial charge >= 0.3 is 0 Å². The highest BCUT2D eigenvalue weighted by Crippen LogP contribution is 2.57. The molecule has 0 unspecified atom stereocenters. The van der Waals surface area contributed by atoms with E-state index in [1.165, 1.54) is 21.9 Å². The molecule has 0 aliphatic carbocycles. The van der Waals surface area contributed by atoms with Crippen molar-refractivity contribution in [3.8, 4) is 11.5 Å². The first-order valence-electron chi connectivity index (χ1n) is 12.1. The van der Waals surface area contributed by atoms with Crippen LogP contribution in [0.1, 0.15) is 11.1 Å². The summed E-state index contributed by atoms with van der Waals surface area (Å²) in [6.07, 6.45) is 0. The van der Waals surface area contributed by atoms with Crippen LogP contribution in [0.15, 0.2) is 97.1 Å². The Morgan fingerprint density at radius 1 is 0.472 bits per heavy atom. The van der Waals surface area contributed by atoms with Crippen LogP contribution >= 0.6 is 0 Å². The summed E-state index contributed by atoms with van der Waals surface area (Å²) in [5, 5.41) is 2.39. The van der Waals surface area contributed by atoms with Crippen LogP contribution in [-0.4, -0.2) is 14.2 Å². The highest BCUT2D eigenvalue weighted by Gasteiger charge is 2.32. The fourth-order valence-electron chi connectivity index (χ4n) is 4.99. The molecule has 0 fully saturated rings. The van der Waals surface area contributed by atoms with Gasteiger partial charge in [0.15, 0.2) is 11.5 Å². The predicted octanol–water partition coefficient (Wildman–Crippen LogP) is 8.73. The molecule has 5 aromatic carbocycles. The third kappa shape index (κ3) is 3.54. The molecule has 6 rings (SSSR count). The molecule has 36 heavy (non-hydrogen) atoms. The van der Waals surface area contributed by atoms with E-state index >= 15 is 0 Å². The number of hydrogen-bond acceptors (Lipinski definition) is 4. The minimum atomic E-state index is 0.696. The topological polar surface area (TPSA) is 24.9 Å². The Bertz CT molecular complexity index is 1450. The molecular weight excluding hydrogens is 444 g/mol. The van der Waals surface area contributed by atoms with Gasteiger partial charge in [0.25, 0.3) is 0 Å². The van der Waals surface area contributed by atoms with E-state index in [-0.39, 0.29) is 0 Å². The molecule has 0 saturated carbocycles. The van der Waals surface area contributed by atoms with Crippen molar-refractivity contribution in [2.75, 3.05) is 24.0 Å². The van der Waals surface area contributed by atoms with Crippen molar-refractivity contribution >= 4 is 44.9 Å². The van der Waals surface area contributed by atoms with Gasteiger partial charge < -0.3 is 19.3 Å². The van der Waals surface area contributed by atoms with E-state index < -0.39 is 0 Å². The minimum absolute atomic E-state index is 0.696. The van der Waals surface area contributed by atoms with Crippen molar-refractivity contribution in [1.82, 2.24) is 0 Å². The summed E-state index contributed by atoms with van der Waals surface area (Å²) in [7, 11) is 3.37. The molecule has 0 saturated heterocycles. The summed E-state index contributed by atoms with van der Waals surface area (Å²) in [5.41, 5.74) is 8.91. The third-order valence-electron chi connectivity index (χ3n) is 6.87. The van der Waals surface area contributed by atoms with E-state index in [9.17, 15) is 0 Å². The molecule has 0 N–H and O–H groups in total. The zero-order valence-electron chi connectivity index (χ0n) is 20.9. The smallest absolute Gasteiger partial charge is 0.162 e. The highest BCUT2D eigenvalue weighted by atomic mass is 16.5. The zero-order valence-corrected chi connectivity index (χ0v) is 20.9. The first-order chi connectivity index (χ1) is 17.6. The Kier molecular flexibility index (Phi) is 5.30. The fraction of sp³-hybridized carbons (Fsp3) is 0.125. The summed E-state index contributed by atoms with van der Waals surface area (Å²) in [5.74, 6) is 1.39. The Labute approximate surface area is 211 Å². The Hall–Kier alpha value is -4.44. The second kappa shape index (κ2) is 8.65. The monoisotopic (exact) mass is 472 g/mol. The van der Waals surface area contributed by atoms with Gasteiger partial charge in [-0.25, -0.2) is 0 Å². The molecule has 1 aliphatic rings. The number of rotatable bonds is 4. The maximum absolute atomic E-state index is 5.75. The zero-order chi connectivity index (χ0) is 24.8. The Balaban J connectivity index is 1.72. The van der Waals surface area contributed by atoms with Gasteiger partial charge in [-0.3, -0.25) is 0 Å². The van der Waals surface area contributed by atoms with E-state index in [2.05, 4.69) is 121 Å². The van der Waals surface area contributed by atoms with Crippen LogP contribution in [-0.2, 0) is 0 Å². The summed E-state index contributed by atoms with van der Waals surface area (Å²) in [4.78, 5) is 4.65. The number of methoxy groups -OCH3 is 2. The first-order valence-corrected chi connectivity index (χ1v) is 12.1. The van der Waals surface area contributed by atoms with E-state index in [1.54, 1.807) is 14.2 Å². The van der Waals surface area contributed by atoms with Crippen LogP contribution in [0.2, 0.25) is 0 Å². The lowest BCUT2D eigenvalue weighted by Gasteiger charge is -2.41. The highest BCUT2D eigenvalue weighted by molar-refractivity contribution is 6.06. The van der Waals surface area contributed by atoms with Crippen LogP contribution in [0.4, 0.5) is 34.1 Å². The van der Waals surface area contributed by atoms with Gasteiger partial charge in [0.2, 0.25) is 0 Å². The number of aryl methyl sites for hydroxylation is 2. The molecule has 0 atom stereocenters. The van der Waals surface area contributed by atoms with Gasteiger partial charge in [-0.1, -0.05) is 59.7 Å². The number of hydrogen-bond donors (Lipinski definition) is 0. The van der Waals surface area contributed by atoms with Crippen molar-refractivity contribution in [1.29, 1.82) is 0 Å². The standard InChI is InChI=1S/C32H28N2O2/c1-21-9-13-25(14-10-21)33-27-17-23-7-5-6-8-24(23)18-28(27)34(26-15-11-22(2)12-16-26)30-20-32(36-4)31(35-3)19-29(30)33/h5-20H,1-4H3. The van der Waals surface area contributed by atoms with Gasteiger partial charge in [0.1, 0.15) is 0 Å². The largest absolute Gasteiger partial charge is 0.493 e. The first kappa shape index (κ1) is 22.1. The maximum atomic E-state index is 5.75. The van der Waals surface area contributed by atoms with Crippen LogP contribution < -0.4 is 19.3 Å². The minimum Gasteiger partial charge on any atom is -0.493 e. The van der Waals surface area contributed by atoms with Crippen molar-refractivity contribution < 1.29 is 9.47 Å². The van der Waals surface area contributed by atoms with Crippen LogP contribution in [0.5, 0.6) is 11.5 Å². The fourth-order valence-corrected chi connectivity index (χ4v) is 4.99. The molecule has 178 valence electrons. The number of benzene rings is 5. The predicted molar refractivity (Wildman–Crippen MR) is 149 cm³/mol. The van der Waals surface area contributed by atoms with Gasteiger partial charge in [-0.15, -0.1) is 0 Å². The summed E-state index contributed by atoms with van der Waals surface area (Å²) in [6, 6.07) is 34.6. The van der Waals surface area contributed by atoms with E-state index in [0.29, 0.717) is 11.5 Å². The number of nitrogens with zero attached hydrogens (tertiary/aromatic N) is 2. The lowest BCUT2D eigenvalue weighted by atomic mass is 10.00. The van der Waals surface area contributed by atoms with Crippen molar-refractivity contribution in [2.24, 2.45) is 0 Å². The van der Waals surface area contributed by atoms with Gasteiger partial charge in [-0.2, -0.15) is 0 Å². The second-order valence-electron chi connectivity index (χ2n) is 9.23. The van der Waals surface area contributed by atoms with Crippen LogP contribution in [0.3, 0.4) is 0 Å². The van der Waals surface area contributed by atoms with E-state index in [0.717, 1.165) is 34.1 Å². The summed E-state index contributed by atoms with van der Waals surface area (Å²) >= 11 is 0. The average Bonchev–Trinajstić information content (AvgIpc) is 2.91. The molecule has 4 nitrogen and oxygen atoms in total. The number of anilines is 6. The summed E-state index contributed by atoms with van der Waals surface area (Å²) in [6.45, 7) is 4.23. The Morgan fingerprint density at radius 3 is 1.19 bits per heavy atom. The SMILES string of the molecule is COc1cc2c(cc1OC)N(c1ccc(C)cc1)c1cc3ccccc3cc1N2c1ccc(C)cc1. The van der Waals surface area contributed by atoms with Crippen LogP contribution in [0, 0.1) is 13.8 Å². The molecule has 0 radical (unpaired) electrons. The van der Waals surface area contributed by atoms with E-state index in [1.807, 2.05) is 0 Å². The van der Waals surface area contributed by atoms with Gasteiger partial charge in [0, 0.05) is 23.5 Å². The number of fused-ring (bicyclic) bond motifs is 3. The Morgan fingerprint density at radius 2 is 0.833 bits per heavy atom. The molecule has 0 spiro atoms. The third-order valence-corrected chi connectivity index (χ3v) is 6.87.